The van der Waals surface area contributed by atoms with Crippen molar-refractivity contribution in [3.63, 3.8) is 0 Å². The number of carbonyl (C=O) groups is 1. The smallest absolute Gasteiger partial charge is 0.247 e. The molecular formula is C19H16ClN3O2S. The fourth-order valence-corrected chi connectivity index (χ4v) is 3.25. The highest BCUT2D eigenvalue weighted by Crippen LogP contribution is 2.31. The van der Waals surface area contributed by atoms with Crippen molar-refractivity contribution in [3.8, 4) is 17.0 Å². The molecule has 0 saturated heterocycles. The zero-order valence-electron chi connectivity index (χ0n) is 14.0. The largest absolute Gasteiger partial charge is 0.495 e. The van der Waals surface area contributed by atoms with Crippen molar-refractivity contribution in [2.75, 3.05) is 17.7 Å². The molecule has 0 spiro atoms. The second-order valence-electron chi connectivity index (χ2n) is 5.28. The molecule has 0 radical (unpaired) electrons. The van der Waals surface area contributed by atoms with Crippen molar-refractivity contribution in [2.45, 2.75) is 0 Å². The fraction of sp³-hybridized carbons (Fsp3) is 0.0526. The highest BCUT2D eigenvalue weighted by atomic mass is 35.5. The van der Waals surface area contributed by atoms with Crippen LogP contribution in [-0.4, -0.2) is 18.0 Å². The Bertz CT molecular complexity index is 938. The lowest BCUT2D eigenvalue weighted by atomic mass is 10.1. The van der Waals surface area contributed by atoms with Crippen molar-refractivity contribution < 1.29 is 9.53 Å². The summed E-state index contributed by atoms with van der Waals surface area (Å²) in [5.74, 6) is 0.386. The number of anilines is 3. The first kappa shape index (κ1) is 18.0. The van der Waals surface area contributed by atoms with Crippen LogP contribution in [0.1, 0.15) is 0 Å². The Kier molecular flexibility index (Phi) is 5.55. The summed E-state index contributed by atoms with van der Waals surface area (Å²) in [5, 5.41) is 9.20. The lowest BCUT2D eigenvalue weighted by molar-refractivity contribution is -0.111. The van der Waals surface area contributed by atoms with Crippen LogP contribution in [0.2, 0.25) is 5.02 Å². The number of hydrogen-bond donors (Lipinski definition) is 2. The molecule has 0 aliphatic carbocycles. The minimum absolute atomic E-state index is 0.240. The van der Waals surface area contributed by atoms with E-state index in [0.717, 1.165) is 22.1 Å². The molecule has 0 bridgehead atoms. The van der Waals surface area contributed by atoms with Gasteiger partial charge in [0.15, 0.2) is 5.13 Å². The molecule has 3 rings (SSSR count). The first-order valence-corrected chi connectivity index (χ1v) is 8.95. The van der Waals surface area contributed by atoms with Gasteiger partial charge in [0.2, 0.25) is 5.91 Å². The van der Waals surface area contributed by atoms with E-state index in [1.807, 2.05) is 35.7 Å². The van der Waals surface area contributed by atoms with Gasteiger partial charge >= 0.3 is 0 Å². The van der Waals surface area contributed by atoms with E-state index >= 15 is 0 Å². The second kappa shape index (κ2) is 8.03. The van der Waals surface area contributed by atoms with Crippen LogP contribution in [0.5, 0.6) is 5.75 Å². The van der Waals surface area contributed by atoms with Crippen molar-refractivity contribution in [2.24, 2.45) is 0 Å². The number of nitrogens with one attached hydrogen (secondary N) is 2. The number of ether oxygens (including phenoxy) is 1. The summed E-state index contributed by atoms with van der Waals surface area (Å²) in [6.45, 7) is 3.43. The molecule has 0 atom stereocenters. The number of methoxy groups -OCH3 is 1. The van der Waals surface area contributed by atoms with E-state index in [1.54, 1.807) is 19.2 Å². The molecule has 2 aromatic carbocycles. The molecule has 26 heavy (non-hydrogen) atoms. The molecule has 2 N–H and O–H groups in total. The Morgan fingerprint density at radius 2 is 1.96 bits per heavy atom. The average molecular weight is 386 g/mol. The van der Waals surface area contributed by atoms with Gasteiger partial charge in [-0.1, -0.05) is 30.3 Å². The maximum atomic E-state index is 11.3. The molecular weight excluding hydrogens is 370 g/mol. The molecule has 1 aromatic heterocycles. The van der Waals surface area contributed by atoms with Crippen LogP contribution in [-0.2, 0) is 4.79 Å². The number of rotatable bonds is 6. The van der Waals surface area contributed by atoms with Crippen LogP contribution in [0.4, 0.5) is 16.5 Å². The molecule has 0 fully saturated rings. The Labute approximate surface area is 160 Å². The summed E-state index contributed by atoms with van der Waals surface area (Å²) >= 11 is 7.63. The van der Waals surface area contributed by atoms with Gasteiger partial charge in [-0.15, -0.1) is 11.3 Å². The van der Waals surface area contributed by atoms with Gasteiger partial charge in [0.25, 0.3) is 0 Å². The minimum Gasteiger partial charge on any atom is -0.495 e. The Morgan fingerprint density at radius 3 is 2.62 bits per heavy atom. The van der Waals surface area contributed by atoms with Gasteiger partial charge in [0.05, 0.1) is 17.8 Å². The van der Waals surface area contributed by atoms with E-state index in [9.17, 15) is 4.79 Å². The molecule has 3 aromatic rings. The van der Waals surface area contributed by atoms with E-state index in [0.29, 0.717) is 16.5 Å². The zero-order valence-corrected chi connectivity index (χ0v) is 15.5. The van der Waals surface area contributed by atoms with Crippen molar-refractivity contribution in [1.82, 2.24) is 4.98 Å². The number of thiazole rings is 1. The Hall–Kier alpha value is -2.83. The summed E-state index contributed by atoms with van der Waals surface area (Å²) in [7, 11) is 1.58. The summed E-state index contributed by atoms with van der Waals surface area (Å²) in [6.07, 6.45) is 1.23. The summed E-state index contributed by atoms with van der Waals surface area (Å²) in [5.41, 5.74) is 3.34. The molecule has 5 nitrogen and oxygen atoms in total. The second-order valence-corrected chi connectivity index (χ2v) is 6.55. The van der Waals surface area contributed by atoms with Crippen LogP contribution in [0.3, 0.4) is 0 Å². The maximum absolute atomic E-state index is 11.3. The number of hydrogen-bond acceptors (Lipinski definition) is 5. The molecule has 1 heterocycles. The van der Waals surface area contributed by atoms with Crippen LogP contribution in [0.25, 0.3) is 11.3 Å². The van der Waals surface area contributed by atoms with Crippen molar-refractivity contribution in [3.05, 3.63) is 65.5 Å². The van der Waals surface area contributed by atoms with Gasteiger partial charge in [0, 0.05) is 22.3 Å². The summed E-state index contributed by atoms with van der Waals surface area (Å²) in [6, 6.07) is 12.9. The molecule has 0 unspecified atom stereocenters. The van der Waals surface area contributed by atoms with Gasteiger partial charge in [-0.25, -0.2) is 4.98 Å². The lowest BCUT2D eigenvalue weighted by Crippen LogP contribution is -2.06. The predicted molar refractivity (Wildman–Crippen MR) is 108 cm³/mol. The Balaban J connectivity index is 1.72. The first-order chi connectivity index (χ1) is 12.6. The van der Waals surface area contributed by atoms with E-state index in [2.05, 4.69) is 22.2 Å². The number of nitrogens with zero attached hydrogens (tertiary/aromatic N) is 1. The standard InChI is InChI=1S/C19H16ClN3O2S/c1-3-18(24)21-13-6-4-12(5-7-13)16-11-26-19(23-16)22-14-8-9-17(25-2)15(20)10-14/h3-11H,1H2,2H3,(H,21,24)(H,22,23). The third kappa shape index (κ3) is 4.22. The number of benzene rings is 2. The fourth-order valence-electron chi connectivity index (χ4n) is 2.25. The number of halogens is 1. The molecule has 0 aliphatic rings. The van der Waals surface area contributed by atoms with Crippen molar-refractivity contribution >= 4 is 45.4 Å². The monoisotopic (exact) mass is 385 g/mol. The van der Waals surface area contributed by atoms with E-state index < -0.39 is 0 Å². The molecule has 1 amide bonds. The summed E-state index contributed by atoms with van der Waals surface area (Å²) < 4.78 is 5.15. The zero-order chi connectivity index (χ0) is 18.5. The van der Waals surface area contributed by atoms with Gasteiger partial charge in [-0.3, -0.25) is 4.79 Å². The summed E-state index contributed by atoms with van der Waals surface area (Å²) in [4.78, 5) is 15.9. The number of amides is 1. The first-order valence-electron chi connectivity index (χ1n) is 7.69. The quantitative estimate of drug-likeness (QED) is 0.562. The van der Waals surface area contributed by atoms with Gasteiger partial charge in [-0.2, -0.15) is 0 Å². The van der Waals surface area contributed by atoms with E-state index in [1.165, 1.54) is 17.4 Å². The SMILES string of the molecule is C=CC(=O)Nc1ccc(-c2csc(Nc3ccc(OC)c(Cl)c3)n2)cc1. The topological polar surface area (TPSA) is 63.2 Å². The molecule has 132 valence electrons. The van der Waals surface area contributed by atoms with Crippen LogP contribution < -0.4 is 15.4 Å². The lowest BCUT2D eigenvalue weighted by Gasteiger charge is -2.06. The highest BCUT2D eigenvalue weighted by Gasteiger charge is 2.07. The highest BCUT2D eigenvalue weighted by molar-refractivity contribution is 7.14. The minimum atomic E-state index is -0.240. The Morgan fingerprint density at radius 1 is 1.23 bits per heavy atom. The van der Waals surface area contributed by atoms with Crippen LogP contribution >= 0.6 is 22.9 Å². The van der Waals surface area contributed by atoms with Gasteiger partial charge < -0.3 is 15.4 Å². The van der Waals surface area contributed by atoms with Crippen LogP contribution in [0, 0.1) is 0 Å². The normalized spacial score (nSPS) is 10.2. The third-order valence-corrected chi connectivity index (χ3v) is 4.59. The van der Waals surface area contributed by atoms with E-state index in [-0.39, 0.29) is 5.91 Å². The predicted octanol–water partition coefficient (Wildman–Crippen LogP) is 5.34. The maximum Gasteiger partial charge on any atom is 0.247 e. The molecule has 0 aliphatic heterocycles. The molecule has 0 saturated carbocycles. The van der Waals surface area contributed by atoms with Gasteiger partial charge in [0.1, 0.15) is 5.75 Å². The third-order valence-electron chi connectivity index (χ3n) is 3.54. The van der Waals surface area contributed by atoms with Crippen molar-refractivity contribution in [1.29, 1.82) is 0 Å². The number of carbonyl (C=O) groups excluding carboxylic acids is 1. The number of aromatic nitrogens is 1. The average Bonchev–Trinajstić information content (AvgIpc) is 3.11. The van der Waals surface area contributed by atoms with Gasteiger partial charge in [-0.05, 0) is 36.4 Å². The molecule has 7 heteroatoms. The van der Waals surface area contributed by atoms with E-state index in [4.69, 9.17) is 16.3 Å². The van der Waals surface area contributed by atoms with Crippen LogP contribution in [0.15, 0.2) is 60.5 Å².